The van der Waals surface area contributed by atoms with Crippen molar-refractivity contribution in [2.75, 3.05) is 11.6 Å². The average Bonchev–Trinajstić information content (AvgIpc) is 2.54. The van der Waals surface area contributed by atoms with Gasteiger partial charge >= 0.3 is 0 Å². The lowest BCUT2D eigenvalue weighted by atomic mass is 10.1. The Morgan fingerprint density at radius 3 is 2.67 bits per heavy atom. The Morgan fingerprint density at radius 2 is 1.81 bits per heavy atom. The van der Waals surface area contributed by atoms with Crippen molar-refractivity contribution in [1.82, 2.24) is 4.98 Å². The number of nitrogens with zero attached hydrogens (tertiary/aromatic N) is 1. The smallest absolute Gasteiger partial charge is 0.256 e. The number of nitrogens with one attached hydrogen (secondary N) is 1. The fourth-order valence-corrected chi connectivity index (χ4v) is 2.79. The van der Waals surface area contributed by atoms with E-state index in [0.717, 1.165) is 21.5 Å². The van der Waals surface area contributed by atoms with Crippen molar-refractivity contribution < 1.29 is 4.79 Å². The molecule has 1 aromatic heterocycles. The van der Waals surface area contributed by atoms with Gasteiger partial charge in [-0.15, -0.1) is 11.8 Å². The minimum absolute atomic E-state index is 0.116. The summed E-state index contributed by atoms with van der Waals surface area (Å²) in [5.41, 5.74) is 2.29. The molecule has 1 N–H and O–H groups in total. The van der Waals surface area contributed by atoms with Crippen molar-refractivity contribution in [2.24, 2.45) is 0 Å². The standard InChI is InChI=1S/C17H14N2OS/c1-21-16-9-5-4-8-15(16)19-17(20)13-10-11-18-14-7-3-2-6-12(13)14/h2-11H,1H3,(H,19,20). The van der Waals surface area contributed by atoms with Gasteiger partial charge in [-0.3, -0.25) is 9.78 Å². The molecule has 2 aromatic carbocycles. The van der Waals surface area contributed by atoms with Gasteiger partial charge in [-0.25, -0.2) is 0 Å². The molecule has 0 saturated heterocycles. The summed E-state index contributed by atoms with van der Waals surface area (Å²) in [6.45, 7) is 0. The van der Waals surface area contributed by atoms with E-state index in [1.54, 1.807) is 24.0 Å². The zero-order valence-electron chi connectivity index (χ0n) is 11.5. The lowest BCUT2D eigenvalue weighted by molar-refractivity contribution is 0.102. The zero-order chi connectivity index (χ0) is 14.7. The second-order valence-electron chi connectivity index (χ2n) is 4.53. The molecule has 0 bridgehead atoms. The lowest BCUT2D eigenvalue weighted by Gasteiger charge is -2.10. The Balaban J connectivity index is 1.98. The van der Waals surface area contributed by atoms with Gasteiger partial charge < -0.3 is 5.32 Å². The van der Waals surface area contributed by atoms with Gasteiger partial charge in [-0.2, -0.15) is 0 Å². The van der Waals surface area contributed by atoms with Gasteiger partial charge in [-0.1, -0.05) is 30.3 Å². The molecule has 104 valence electrons. The van der Waals surface area contributed by atoms with Gasteiger partial charge in [0.25, 0.3) is 5.91 Å². The van der Waals surface area contributed by atoms with Crippen LogP contribution in [-0.2, 0) is 0 Å². The molecule has 0 unspecified atom stereocenters. The van der Waals surface area contributed by atoms with Gasteiger partial charge in [0.05, 0.1) is 16.8 Å². The molecule has 0 aliphatic carbocycles. The fraction of sp³-hybridized carbons (Fsp3) is 0.0588. The Kier molecular flexibility index (Phi) is 3.88. The Bertz CT molecular complexity index is 796. The molecule has 0 saturated carbocycles. The van der Waals surface area contributed by atoms with Crippen LogP contribution in [0.4, 0.5) is 5.69 Å². The summed E-state index contributed by atoms with van der Waals surface area (Å²) in [4.78, 5) is 17.9. The van der Waals surface area contributed by atoms with Crippen LogP contribution in [0.15, 0.2) is 65.7 Å². The van der Waals surface area contributed by atoms with Gasteiger partial charge in [0.1, 0.15) is 0 Å². The molecule has 1 amide bonds. The van der Waals surface area contributed by atoms with Crippen molar-refractivity contribution >= 4 is 34.3 Å². The topological polar surface area (TPSA) is 42.0 Å². The molecule has 21 heavy (non-hydrogen) atoms. The number of anilines is 1. The molecule has 3 rings (SSSR count). The first-order chi connectivity index (χ1) is 10.3. The van der Waals surface area contributed by atoms with Crippen LogP contribution in [0.5, 0.6) is 0 Å². The monoisotopic (exact) mass is 294 g/mol. The number of carbonyl (C=O) groups is 1. The number of hydrogen-bond donors (Lipinski definition) is 1. The predicted molar refractivity (Wildman–Crippen MR) is 87.9 cm³/mol. The Hall–Kier alpha value is -2.33. The molecular formula is C17H14N2OS. The molecule has 0 aliphatic rings. The molecule has 4 heteroatoms. The summed E-state index contributed by atoms with van der Waals surface area (Å²) >= 11 is 1.61. The van der Waals surface area contributed by atoms with E-state index in [1.807, 2.05) is 54.8 Å². The van der Waals surface area contributed by atoms with Crippen molar-refractivity contribution in [3.8, 4) is 0 Å². The van der Waals surface area contributed by atoms with Gasteiger partial charge in [0, 0.05) is 16.5 Å². The molecule has 3 nitrogen and oxygen atoms in total. The summed E-state index contributed by atoms with van der Waals surface area (Å²) in [5, 5.41) is 3.84. The van der Waals surface area contributed by atoms with Crippen LogP contribution >= 0.6 is 11.8 Å². The minimum atomic E-state index is -0.116. The maximum atomic E-state index is 12.5. The van der Waals surface area contributed by atoms with E-state index in [4.69, 9.17) is 0 Å². The number of benzene rings is 2. The van der Waals surface area contributed by atoms with Crippen LogP contribution in [0, 0.1) is 0 Å². The van der Waals surface area contributed by atoms with Gasteiger partial charge in [0.2, 0.25) is 0 Å². The number of hydrogen-bond acceptors (Lipinski definition) is 3. The van der Waals surface area contributed by atoms with E-state index in [9.17, 15) is 4.79 Å². The van der Waals surface area contributed by atoms with Crippen LogP contribution in [0.3, 0.4) is 0 Å². The number of carbonyl (C=O) groups excluding carboxylic acids is 1. The number of para-hydroxylation sites is 2. The van der Waals surface area contributed by atoms with Crippen LogP contribution in [0.1, 0.15) is 10.4 Å². The van der Waals surface area contributed by atoms with E-state index in [-0.39, 0.29) is 5.91 Å². The summed E-state index contributed by atoms with van der Waals surface area (Å²) < 4.78 is 0. The number of amides is 1. The Morgan fingerprint density at radius 1 is 1.05 bits per heavy atom. The molecule has 0 atom stereocenters. The lowest BCUT2D eigenvalue weighted by Crippen LogP contribution is -2.13. The molecule has 0 spiro atoms. The summed E-state index contributed by atoms with van der Waals surface area (Å²) in [6.07, 6.45) is 3.66. The van der Waals surface area contributed by atoms with Crippen molar-refractivity contribution in [2.45, 2.75) is 4.90 Å². The third-order valence-electron chi connectivity index (χ3n) is 3.25. The van der Waals surface area contributed by atoms with Crippen molar-refractivity contribution in [1.29, 1.82) is 0 Å². The molecule has 3 aromatic rings. The van der Waals surface area contributed by atoms with E-state index < -0.39 is 0 Å². The molecule has 0 radical (unpaired) electrons. The summed E-state index contributed by atoms with van der Waals surface area (Å²) in [7, 11) is 0. The minimum Gasteiger partial charge on any atom is -0.321 e. The highest BCUT2D eigenvalue weighted by Gasteiger charge is 2.12. The van der Waals surface area contributed by atoms with Crippen LogP contribution in [0.2, 0.25) is 0 Å². The first-order valence-corrected chi connectivity index (χ1v) is 7.80. The summed E-state index contributed by atoms with van der Waals surface area (Å²) in [6, 6.07) is 17.2. The van der Waals surface area contributed by atoms with Crippen LogP contribution in [0.25, 0.3) is 10.9 Å². The van der Waals surface area contributed by atoms with Gasteiger partial charge in [-0.05, 0) is 30.5 Å². The van der Waals surface area contributed by atoms with Crippen molar-refractivity contribution in [3.05, 3.63) is 66.4 Å². The third-order valence-corrected chi connectivity index (χ3v) is 4.04. The van der Waals surface area contributed by atoms with Crippen molar-refractivity contribution in [3.63, 3.8) is 0 Å². The molecule has 1 heterocycles. The summed E-state index contributed by atoms with van der Waals surface area (Å²) in [5.74, 6) is -0.116. The van der Waals surface area contributed by atoms with Crippen LogP contribution in [-0.4, -0.2) is 17.1 Å². The number of aromatic nitrogens is 1. The highest BCUT2D eigenvalue weighted by Crippen LogP contribution is 2.26. The van der Waals surface area contributed by atoms with Crippen LogP contribution < -0.4 is 5.32 Å². The van der Waals surface area contributed by atoms with E-state index >= 15 is 0 Å². The molecule has 0 fully saturated rings. The quantitative estimate of drug-likeness (QED) is 0.736. The third kappa shape index (κ3) is 2.76. The first-order valence-electron chi connectivity index (χ1n) is 6.58. The SMILES string of the molecule is CSc1ccccc1NC(=O)c1ccnc2ccccc12. The highest BCUT2D eigenvalue weighted by molar-refractivity contribution is 7.98. The molecule has 0 aliphatic heterocycles. The number of pyridine rings is 1. The second kappa shape index (κ2) is 5.97. The maximum Gasteiger partial charge on any atom is 0.256 e. The molecular weight excluding hydrogens is 280 g/mol. The van der Waals surface area contributed by atoms with E-state index in [1.165, 1.54) is 0 Å². The Labute approximate surface area is 127 Å². The van der Waals surface area contributed by atoms with E-state index in [0.29, 0.717) is 5.56 Å². The number of thioether (sulfide) groups is 1. The highest BCUT2D eigenvalue weighted by atomic mass is 32.2. The zero-order valence-corrected chi connectivity index (χ0v) is 12.4. The maximum absolute atomic E-state index is 12.5. The average molecular weight is 294 g/mol. The van der Waals surface area contributed by atoms with Gasteiger partial charge in [0.15, 0.2) is 0 Å². The largest absolute Gasteiger partial charge is 0.321 e. The fourth-order valence-electron chi connectivity index (χ4n) is 2.23. The second-order valence-corrected chi connectivity index (χ2v) is 5.38. The predicted octanol–water partition coefficient (Wildman–Crippen LogP) is 4.21. The normalized spacial score (nSPS) is 10.5. The first kappa shape index (κ1) is 13.6. The number of rotatable bonds is 3. The number of fused-ring (bicyclic) bond motifs is 1. The van der Waals surface area contributed by atoms with E-state index in [2.05, 4.69) is 10.3 Å².